The fourth-order valence-corrected chi connectivity index (χ4v) is 3.71. The van der Waals surface area contributed by atoms with Gasteiger partial charge >= 0.3 is 5.69 Å². The fourth-order valence-electron chi connectivity index (χ4n) is 2.89. The first-order chi connectivity index (χ1) is 12.5. The average molecular weight is 390 g/mol. The van der Waals surface area contributed by atoms with E-state index in [-0.39, 0.29) is 11.6 Å². The minimum Gasteiger partial charge on any atom is -0.325 e. The molecular weight excluding hydrogens is 370 g/mol. The zero-order valence-electron chi connectivity index (χ0n) is 14.7. The molecule has 0 atom stereocenters. The van der Waals surface area contributed by atoms with Gasteiger partial charge in [0.15, 0.2) is 0 Å². The van der Waals surface area contributed by atoms with Crippen LogP contribution in [0.15, 0.2) is 52.2 Å². The largest absolute Gasteiger partial charge is 0.329 e. The van der Waals surface area contributed by atoms with E-state index in [0.717, 1.165) is 15.9 Å². The van der Waals surface area contributed by atoms with Gasteiger partial charge in [0, 0.05) is 28.7 Å². The van der Waals surface area contributed by atoms with Crippen LogP contribution < -0.4 is 11.0 Å². The number of hydrogen-bond acceptors (Lipinski definition) is 3. The van der Waals surface area contributed by atoms with E-state index in [4.69, 9.17) is 11.6 Å². The molecule has 0 aliphatic carbocycles. The van der Waals surface area contributed by atoms with Crippen molar-refractivity contribution in [2.24, 2.45) is 0 Å². The summed E-state index contributed by atoms with van der Waals surface area (Å²) >= 11 is 7.31. The van der Waals surface area contributed by atoms with Crippen molar-refractivity contribution in [1.82, 2.24) is 9.13 Å². The normalized spacial score (nSPS) is 11.0. The van der Waals surface area contributed by atoms with Crippen molar-refractivity contribution in [2.45, 2.75) is 31.8 Å². The summed E-state index contributed by atoms with van der Waals surface area (Å²) in [7, 11) is 0. The Kier molecular flexibility index (Phi) is 5.74. The molecule has 2 aromatic carbocycles. The molecule has 0 aliphatic heterocycles. The van der Waals surface area contributed by atoms with E-state index < -0.39 is 0 Å². The van der Waals surface area contributed by atoms with E-state index in [2.05, 4.69) is 5.32 Å². The molecular formula is C19H20ClN3O2S. The Morgan fingerprint density at radius 1 is 1.04 bits per heavy atom. The predicted molar refractivity (Wildman–Crippen MR) is 108 cm³/mol. The molecule has 3 aromatic rings. The maximum Gasteiger partial charge on any atom is 0.329 e. The standard InChI is InChI=1S/C19H20ClN3O2S/c1-3-22-16-10-7-14(11-17(16)23(4-2)19(22)25)21-18(24)12-26-15-8-5-13(20)6-9-15/h5-11H,3-4,12H2,1-2H3,(H,21,24). The number of rotatable bonds is 6. The lowest BCUT2D eigenvalue weighted by Crippen LogP contribution is -2.23. The van der Waals surface area contributed by atoms with E-state index in [1.165, 1.54) is 11.8 Å². The Morgan fingerprint density at radius 3 is 2.35 bits per heavy atom. The van der Waals surface area contributed by atoms with E-state index in [0.29, 0.717) is 29.6 Å². The van der Waals surface area contributed by atoms with Crippen LogP contribution in [0, 0.1) is 0 Å². The van der Waals surface area contributed by atoms with Gasteiger partial charge in [-0.1, -0.05) is 11.6 Å². The predicted octanol–water partition coefficient (Wildman–Crippen LogP) is 4.23. The number of imidazole rings is 1. The molecule has 1 N–H and O–H groups in total. The highest BCUT2D eigenvalue weighted by atomic mass is 35.5. The summed E-state index contributed by atoms with van der Waals surface area (Å²) in [4.78, 5) is 25.6. The van der Waals surface area contributed by atoms with Crippen molar-refractivity contribution in [3.05, 3.63) is 58.0 Å². The zero-order chi connectivity index (χ0) is 18.7. The fraction of sp³-hybridized carbons (Fsp3) is 0.263. The van der Waals surface area contributed by atoms with E-state index in [1.807, 2.05) is 44.2 Å². The summed E-state index contributed by atoms with van der Waals surface area (Å²) in [5.74, 6) is 0.209. The summed E-state index contributed by atoms with van der Waals surface area (Å²) in [5.41, 5.74) is 2.39. The van der Waals surface area contributed by atoms with E-state index in [9.17, 15) is 9.59 Å². The number of aromatic nitrogens is 2. The summed E-state index contributed by atoms with van der Waals surface area (Å²) < 4.78 is 3.46. The zero-order valence-corrected chi connectivity index (χ0v) is 16.2. The van der Waals surface area contributed by atoms with Gasteiger partial charge < -0.3 is 5.32 Å². The molecule has 5 nitrogen and oxygen atoms in total. The molecule has 0 aliphatic rings. The first kappa shape index (κ1) is 18.6. The van der Waals surface area contributed by atoms with Gasteiger partial charge in [0.05, 0.1) is 16.8 Å². The van der Waals surface area contributed by atoms with Gasteiger partial charge in [-0.3, -0.25) is 13.9 Å². The second-order valence-corrected chi connectivity index (χ2v) is 7.25. The maximum absolute atomic E-state index is 12.4. The third kappa shape index (κ3) is 3.81. The molecule has 1 heterocycles. The molecule has 1 amide bonds. The van der Waals surface area contributed by atoms with Crippen LogP contribution in [0.25, 0.3) is 11.0 Å². The first-order valence-corrected chi connectivity index (χ1v) is 9.81. The van der Waals surface area contributed by atoms with Crippen LogP contribution in [-0.4, -0.2) is 20.8 Å². The number of nitrogens with one attached hydrogen (secondary N) is 1. The van der Waals surface area contributed by atoms with Crippen LogP contribution in [0.1, 0.15) is 13.8 Å². The second-order valence-electron chi connectivity index (χ2n) is 5.77. The highest BCUT2D eigenvalue weighted by molar-refractivity contribution is 8.00. The van der Waals surface area contributed by atoms with Crippen molar-refractivity contribution < 1.29 is 4.79 Å². The van der Waals surface area contributed by atoms with Crippen molar-refractivity contribution in [3.8, 4) is 0 Å². The lowest BCUT2D eigenvalue weighted by Gasteiger charge is -2.07. The summed E-state index contributed by atoms with van der Waals surface area (Å²) in [5, 5.41) is 3.58. The lowest BCUT2D eigenvalue weighted by molar-refractivity contribution is -0.113. The van der Waals surface area contributed by atoms with Crippen LogP contribution in [0.5, 0.6) is 0 Å². The highest BCUT2D eigenvalue weighted by Crippen LogP contribution is 2.22. The van der Waals surface area contributed by atoms with Crippen LogP contribution in [0.2, 0.25) is 5.02 Å². The average Bonchev–Trinajstić information content (AvgIpc) is 2.91. The third-order valence-electron chi connectivity index (χ3n) is 4.12. The number of benzene rings is 2. The molecule has 26 heavy (non-hydrogen) atoms. The summed E-state index contributed by atoms with van der Waals surface area (Å²) in [6, 6.07) is 13.0. The quantitative estimate of drug-likeness (QED) is 0.642. The van der Waals surface area contributed by atoms with Gasteiger partial charge in [0.2, 0.25) is 5.91 Å². The number of aryl methyl sites for hydroxylation is 2. The van der Waals surface area contributed by atoms with Crippen LogP contribution in [0.4, 0.5) is 5.69 Å². The highest BCUT2D eigenvalue weighted by Gasteiger charge is 2.12. The van der Waals surface area contributed by atoms with E-state index >= 15 is 0 Å². The molecule has 136 valence electrons. The molecule has 0 bridgehead atoms. The number of anilines is 1. The monoisotopic (exact) mass is 389 g/mol. The SMILES string of the molecule is CCn1c(=O)n(CC)c2cc(NC(=O)CSc3ccc(Cl)cc3)ccc21. The Hall–Kier alpha value is -2.18. The van der Waals surface area contributed by atoms with Gasteiger partial charge in [-0.15, -0.1) is 11.8 Å². The molecule has 0 saturated carbocycles. The Morgan fingerprint density at radius 2 is 1.69 bits per heavy atom. The number of halogens is 1. The minimum absolute atomic E-state index is 0.0215. The van der Waals surface area contributed by atoms with Crippen molar-refractivity contribution in [1.29, 1.82) is 0 Å². The van der Waals surface area contributed by atoms with Crippen LogP contribution >= 0.6 is 23.4 Å². The number of fused-ring (bicyclic) bond motifs is 1. The van der Waals surface area contributed by atoms with Crippen molar-refractivity contribution in [3.63, 3.8) is 0 Å². The Labute approximate surface area is 161 Å². The number of hydrogen-bond donors (Lipinski definition) is 1. The molecule has 1 aromatic heterocycles. The molecule has 7 heteroatoms. The van der Waals surface area contributed by atoms with Crippen LogP contribution in [-0.2, 0) is 17.9 Å². The van der Waals surface area contributed by atoms with Crippen LogP contribution in [0.3, 0.4) is 0 Å². The van der Waals surface area contributed by atoms with Gasteiger partial charge in [-0.25, -0.2) is 4.79 Å². The number of carbonyl (C=O) groups excluding carboxylic acids is 1. The van der Waals surface area contributed by atoms with Crippen molar-refractivity contribution >= 4 is 46.0 Å². The molecule has 0 spiro atoms. The number of amides is 1. The Bertz CT molecular complexity index is 992. The van der Waals surface area contributed by atoms with E-state index in [1.54, 1.807) is 21.3 Å². The molecule has 0 fully saturated rings. The molecule has 0 radical (unpaired) electrons. The number of thioether (sulfide) groups is 1. The van der Waals surface area contributed by atoms with Gasteiger partial charge in [0.25, 0.3) is 0 Å². The summed E-state index contributed by atoms with van der Waals surface area (Å²) in [6.07, 6.45) is 0. The maximum atomic E-state index is 12.4. The number of carbonyl (C=O) groups is 1. The Balaban J connectivity index is 1.75. The second kappa shape index (κ2) is 8.01. The topological polar surface area (TPSA) is 56.0 Å². The number of nitrogens with zero attached hydrogens (tertiary/aromatic N) is 2. The third-order valence-corrected chi connectivity index (χ3v) is 5.38. The lowest BCUT2D eigenvalue weighted by atomic mass is 10.2. The van der Waals surface area contributed by atoms with Crippen molar-refractivity contribution in [2.75, 3.05) is 11.1 Å². The minimum atomic E-state index is -0.0929. The summed E-state index contributed by atoms with van der Waals surface area (Å²) in [6.45, 7) is 5.09. The smallest absolute Gasteiger partial charge is 0.325 e. The molecule has 0 saturated heterocycles. The first-order valence-electron chi connectivity index (χ1n) is 8.44. The molecule has 0 unspecified atom stereocenters. The molecule has 3 rings (SSSR count). The van der Waals surface area contributed by atoms with Gasteiger partial charge in [-0.2, -0.15) is 0 Å². The van der Waals surface area contributed by atoms with Gasteiger partial charge in [0.1, 0.15) is 0 Å². The van der Waals surface area contributed by atoms with Gasteiger partial charge in [-0.05, 0) is 56.3 Å².